The number of alkyl halides is 1. The smallest absolute Gasteiger partial charge is 0.271 e. The Morgan fingerprint density at radius 3 is 3.00 bits per heavy atom. The highest BCUT2D eigenvalue weighted by Crippen LogP contribution is 2.01. The van der Waals surface area contributed by atoms with E-state index in [-0.39, 0.29) is 5.91 Å². The third-order valence-corrected chi connectivity index (χ3v) is 2.23. The minimum Gasteiger partial charge on any atom is -0.351 e. The summed E-state index contributed by atoms with van der Waals surface area (Å²) >= 11 is 3.41. The van der Waals surface area contributed by atoms with E-state index in [1.54, 1.807) is 24.0 Å². The van der Waals surface area contributed by atoms with Gasteiger partial charge in [-0.25, -0.2) is 0 Å². The van der Waals surface area contributed by atoms with Gasteiger partial charge in [0.1, 0.15) is 5.69 Å². The van der Waals surface area contributed by atoms with Crippen molar-refractivity contribution in [1.29, 1.82) is 0 Å². The molecule has 5 heteroatoms. The van der Waals surface area contributed by atoms with Crippen LogP contribution in [0.4, 0.5) is 0 Å². The Balaban J connectivity index is 2.36. The van der Waals surface area contributed by atoms with Crippen LogP contribution in [0.2, 0.25) is 0 Å². The maximum absolute atomic E-state index is 11.4. The third-order valence-electron chi connectivity index (χ3n) is 1.77. The molecule has 1 atom stereocenters. The Morgan fingerprint density at radius 1 is 1.79 bits per heavy atom. The summed E-state index contributed by atoms with van der Waals surface area (Å²) in [4.78, 5) is 11.9. The largest absolute Gasteiger partial charge is 0.351 e. The van der Waals surface area contributed by atoms with Crippen molar-refractivity contribution in [3.8, 4) is 0 Å². The number of carbonyl (C=O) groups is 1. The van der Waals surface area contributed by atoms with Crippen molar-refractivity contribution in [3.63, 3.8) is 0 Å². The van der Waals surface area contributed by atoms with E-state index in [1.165, 1.54) is 0 Å². The Labute approximate surface area is 91.8 Å². The van der Waals surface area contributed by atoms with Gasteiger partial charge in [-0.2, -0.15) is 5.10 Å². The van der Waals surface area contributed by atoms with Crippen LogP contribution in [-0.4, -0.2) is 27.1 Å². The number of nitrogens with one attached hydrogen (secondary N) is 1. The molecule has 0 aliphatic heterocycles. The number of hydrogen-bond donors (Lipinski definition) is 1. The first kappa shape index (κ1) is 11.2. The minimum absolute atomic E-state index is 0.112. The topological polar surface area (TPSA) is 46.9 Å². The highest BCUT2D eigenvalue weighted by molar-refractivity contribution is 9.09. The van der Waals surface area contributed by atoms with E-state index in [4.69, 9.17) is 0 Å². The molecule has 1 unspecified atom stereocenters. The van der Waals surface area contributed by atoms with Crippen molar-refractivity contribution in [2.45, 2.75) is 18.2 Å². The fourth-order valence-electron chi connectivity index (χ4n) is 1.01. The van der Waals surface area contributed by atoms with E-state index >= 15 is 0 Å². The number of halogens is 1. The molecule has 4 nitrogen and oxygen atoms in total. The second-order valence-electron chi connectivity index (χ2n) is 3.20. The summed E-state index contributed by atoms with van der Waals surface area (Å²) < 4.78 is 1.61. The van der Waals surface area contributed by atoms with Gasteiger partial charge in [-0.05, 0) is 12.5 Å². The van der Waals surface area contributed by atoms with Gasteiger partial charge < -0.3 is 5.32 Å². The van der Waals surface area contributed by atoms with Crippen LogP contribution >= 0.6 is 15.9 Å². The van der Waals surface area contributed by atoms with Crippen molar-refractivity contribution in [3.05, 3.63) is 18.0 Å². The zero-order valence-corrected chi connectivity index (χ0v) is 9.91. The average Bonchev–Trinajstić information content (AvgIpc) is 2.51. The molecule has 0 spiro atoms. The van der Waals surface area contributed by atoms with E-state index in [2.05, 4.69) is 26.3 Å². The molecule has 78 valence electrons. The third kappa shape index (κ3) is 3.49. The Morgan fingerprint density at radius 2 is 2.50 bits per heavy atom. The van der Waals surface area contributed by atoms with Gasteiger partial charge in [0.05, 0.1) is 0 Å². The standard InChI is InChI=1S/C9H14BrN3O/c1-7(10)3-5-11-9(14)8-4-6-13(2)12-8/h4,6-7H,3,5H2,1-2H3,(H,11,14). The molecule has 1 amide bonds. The van der Waals surface area contributed by atoms with E-state index in [0.29, 0.717) is 17.1 Å². The SMILES string of the molecule is CC(Br)CCNC(=O)c1ccn(C)n1. The van der Waals surface area contributed by atoms with Crippen molar-refractivity contribution in [2.24, 2.45) is 7.05 Å². The Hall–Kier alpha value is -0.840. The van der Waals surface area contributed by atoms with Crippen LogP contribution in [0.25, 0.3) is 0 Å². The highest BCUT2D eigenvalue weighted by atomic mass is 79.9. The van der Waals surface area contributed by atoms with Gasteiger partial charge in [-0.3, -0.25) is 9.48 Å². The number of aryl methyl sites for hydroxylation is 1. The molecule has 1 rings (SSSR count). The van der Waals surface area contributed by atoms with E-state index < -0.39 is 0 Å². The normalized spacial score (nSPS) is 12.5. The van der Waals surface area contributed by atoms with Crippen molar-refractivity contribution in [2.75, 3.05) is 6.54 Å². The molecule has 0 saturated carbocycles. The fourth-order valence-corrected chi connectivity index (χ4v) is 1.24. The first-order valence-electron chi connectivity index (χ1n) is 4.51. The first-order valence-corrected chi connectivity index (χ1v) is 5.43. The van der Waals surface area contributed by atoms with Gasteiger partial charge in [0.25, 0.3) is 5.91 Å². The second kappa shape index (κ2) is 5.14. The quantitative estimate of drug-likeness (QED) is 0.830. The van der Waals surface area contributed by atoms with Crippen LogP contribution in [0.1, 0.15) is 23.8 Å². The van der Waals surface area contributed by atoms with Gasteiger partial charge in [0.15, 0.2) is 0 Å². The summed E-state index contributed by atoms with van der Waals surface area (Å²) in [5, 5.41) is 6.80. The van der Waals surface area contributed by atoms with Gasteiger partial charge in [-0.15, -0.1) is 0 Å². The monoisotopic (exact) mass is 259 g/mol. The van der Waals surface area contributed by atoms with Gasteiger partial charge in [-0.1, -0.05) is 22.9 Å². The molecule has 0 aliphatic carbocycles. The van der Waals surface area contributed by atoms with Crippen LogP contribution in [0.15, 0.2) is 12.3 Å². The lowest BCUT2D eigenvalue weighted by Gasteiger charge is -2.04. The lowest BCUT2D eigenvalue weighted by Crippen LogP contribution is -2.26. The maximum Gasteiger partial charge on any atom is 0.271 e. The molecule has 0 aliphatic rings. The number of nitrogens with zero attached hydrogens (tertiary/aromatic N) is 2. The average molecular weight is 260 g/mol. The predicted octanol–water partition coefficient (Wildman–Crippen LogP) is 1.32. The fraction of sp³-hybridized carbons (Fsp3) is 0.556. The maximum atomic E-state index is 11.4. The summed E-state index contributed by atoms with van der Waals surface area (Å²) in [5.41, 5.74) is 0.467. The Kier molecular flexibility index (Phi) is 4.13. The lowest BCUT2D eigenvalue weighted by molar-refractivity contribution is 0.0947. The van der Waals surface area contributed by atoms with Crippen molar-refractivity contribution >= 4 is 21.8 Å². The highest BCUT2D eigenvalue weighted by Gasteiger charge is 2.07. The molecule has 0 fully saturated rings. The molecule has 14 heavy (non-hydrogen) atoms. The number of hydrogen-bond acceptors (Lipinski definition) is 2. The number of aromatic nitrogens is 2. The van der Waals surface area contributed by atoms with Crippen LogP contribution in [0.3, 0.4) is 0 Å². The molecule has 1 aromatic heterocycles. The van der Waals surface area contributed by atoms with Gasteiger partial charge >= 0.3 is 0 Å². The molecular formula is C9H14BrN3O. The number of amides is 1. The van der Waals surface area contributed by atoms with E-state index in [1.807, 2.05) is 6.92 Å². The Bertz CT molecular complexity index is 309. The van der Waals surface area contributed by atoms with Crippen LogP contribution in [-0.2, 0) is 7.05 Å². The summed E-state index contributed by atoms with van der Waals surface area (Å²) in [6.45, 7) is 2.72. The molecule has 0 aromatic carbocycles. The molecule has 1 heterocycles. The van der Waals surface area contributed by atoms with Gasteiger partial charge in [0.2, 0.25) is 0 Å². The summed E-state index contributed by atoms with van der Waals surface area (Å²) in [6, 6.07) is 1.70. The van der Waals surface area contributed by atoms with E-state index in [9.17, 15) is 4.79 Å². The van der Waals surface area contributed by atoms with Crippen LogP contribution in [0.5, 0.6) is 0 Å². The zero-order valence-electron chi connectivity index (χ0n) is 8.33. The number of rotatable bonds is 4. The summed E-state index contributed by atoms with van der Waals surface area (Å²) in [6.07, 6.45) is 2.67. The zero-order chi connectivity index (χ0) is 10.6. The molecule has 0 saturated heterocycles. The van der Waals surface area contributed by atoms with Crippen molar-refractivity contribution in [1.82, 2.24) is 15.1 Å². The molecule has 0 radical (unpaired) electrons. The van der Waals surface area contributed by atoms with Gasteiger partial charge in [0, 0.05) is 24.6 Å². The van der Waals surface area contributed by atoms with Crippen molar-refractivity contribution < 1.29 is 4.79 Å². The van der Waals surface area contributed by atoms with E-state index in [0.717, 1.165) is 6.42 Å². The summed E-state index contributed by atoms with van der Waals surface area (Å²) in [7, 11) is 1.79. The minimum atomic E-state index is -0.112. The lowest BCUT2D eigenvalue weighted by atomic mass is 10.3. The molecule has 1 aromatic rings. The van der Waals surface area contributed by atoms with Crippen LogP contribution in [0, 0.1) is 0 Å². The molecule has 0 bridgehead atoms. The number of carbonyl (C=O) groups excluding carboxylic acids is 1. The predicted molar refractivity (Wildman–Crippen MR) is 58.5 cm³/mol. The molecule has 1 N–H and O–H groups in total. The first-order chi connectivity index (χ1) is 6.59. The van der Waals surface area contributed by atoms with Crippen LogP contribution < -0.4 is 5.32 Å². The second-order valence-corrected chi connectivity index (χ2v) is 4.76. The molecular weight excluding hydrogens is 246 g/mol. The summed E-state index contributed by atoms with van der Waals surface area (Å²) in [5.74, 6) is -0.112.